The minimum atomic E-state index is -0.0389. The van der Waals surface area contributed by atoms with Crippen LogP contribution in [0.1, 0.15) is 56.8 Å². The quantitative estimate of drug-likeness (QED) is 0.778. The van der Waals surface area contributed by atoms with E-state index >= 15 is 0 Å². The molecule has 0 aliphatic heterocycles. The minimum Gasteiger partial charge on any atom is -0.469 e. The molecule has 1 aromatic rings. The normalized spacial score (nSPS) is 49.9. The zero-order chi connectivity index (χ0) is 14.9. The predicted octanol–water partition coefficient (Wildman–Crippen LogP) is 4.21. The molecule has 3 unspecified atom stereocenters. The molecule has 5 rings (SSSR count). The molecule has 0 bridgehead atoms. The summed E-state index contributed by atoms with van der Waals surface area (Å²) in [5.41, 5.74) is 1.71. The second-order valence-corrected chi connectivity index (χ2v) is 8.85. The Morgan fingerprint density at radius 2 is 1.95 bits per heavy atom. The van der Waals surface area contributed by atoms with Gasteiger partial charge in [-0.15, -0.1) is 0 Å². The average Bonchev–Trinajstić information content (AvgIpc) is 3.09. The summed E-state index contributed by atoms with van der Waals surface area (Å²) in [5.74, 6) is 5.59. The molecule has 4 aliphatic rings. The summed E-state index contributed by atoms with van der Waals surface area (Å²) < 4.78 is 5.71. The van der Waals surface area contributed by atoms with Gasteiger partial charge in [-0.2, -0.15) is 0 Å². The van der Waals surface area contributed by atoms with Gasteiger partial charge in [0.25, 0.3) is 0 Å². The summed E-state index contributed by atoms with van der Waals surface area (Å²) in [5, 5.41) is 10.5. The Balaban J connectivity index is 1.45. The van der Waals surface area contributed by atoms with Crippen molar-refractivity contribution in [3.8, 4) is 0 Å². The van der Waals surface area contributed by atoms with Crippen LogP contribution >= 0.6 is 0 Å². The summed E-state index contributed by atoms with van der Waals surface area (Å²) in [6.45, 7) is 2.38. The molecule has 0 amide bonds. The van der Waals surface area contributed by atoms with Crippen LogP contribution in [-0.2, 0) is 12.8 Å². The van der Waals surface area contributed by atoms with Gasteiger partial charge in [-0.3, -0.25) is 0 Å². The maximum atomic E-state index is 10.5. The van der Waals surface area contributed by atoms with Gasteiger partial charge in [0, 0.05) is 6.42 Å². The third kappa shape index (κ3) is 1.71. The Labute approximate surface area is 133 Å². The third-order valence-electron chi connectivity index (χ3n) is 8.21. The van der Waals surface area contributed by atoms with Crippen LogP contribution in [0.3, 0.4) is 0 Å². The maximum Gasteiger partial charge on any atom is 0.107 e. The number of furan rings is 1. The molecule has 1 aromatic heterocycles. The van der Waals surface area contributed by atoms with Crippen molar-refractivity contribution in [2.24, 2.45) is 35.0 Å². The SMILES string of the molecule is C[C@]12CCC3C(CC[C@H]4Cc5occc5C[C@H]34)C1CC[C@@H]2O. The molecule has 1 heterocycles. The minimum absolute atomic E-state index is 0.0389. The second-order valence-electron chi connectivity index (χ2n) is 8.85. The van der Waals surface area contributed by atoms with E-state index in [1.54, 1.807) is 0 Å². The first-order chi connectivity index (χ1) is 10.7. The monoisotopic (exact) mass is 300 g/mol. The van der Waals surface area contributed by atoms with Crippen molar-refractivity contribution in [1.82, 2.24) is 0 Å². The van der Waals surface area contributed by atoms with Gasteiger partial charge in [0.1, 0.15) is 5.76 Å². The first-order valence-electron chi connectivity index (χ1n) is 9.40. The average molecular weight is 300 g/mol. The van der Waals surface area contributed by atoms with E-state index in [2.05, 4.69) is 13.0 Å². The van der Waals surface area contributed by atoms with Crippen LogP contribution in [0.2, 0.25) is 0 Å². The van der Waals surface area contributed by atoms with E-state index in [0.29, 0.717) is 0 Å². The van der Waals surface area contributed by atoms with Gasteiger partial charge in [-0.05, 0) is 91.6 Å². The molecule has 2 heteroatoms. The standard InChI is InChI=1S/C20H28O2/c1-20-8-6-14-15(17(20)4-5-19(20)21)3-2-12-11-18-13(7-9-22-18)10-16(12)14/h7,9,12,14-17,19,21H,2-6,8,10-11H2,1H3/t12-,14?,15?,16-,17?,19-,20-/m0/s1. The number of hydrogen-bond donors (Lipinski definition) is 1. The Bertz CT molecular complexity index is 576. The van der Waals surface area contributed by atoms with Crippen LogP contribution < -0.4 is 0 Å². The van der Waals surface area contributed by atoms with Crippen molar-refractivity contribution >= 4 is 0 Å². The van der Waals surface area contributed by atoms with Crippen LogP contribution in [0.15, 0.2) is 16.7 Å². The van der Waals surface area contributed by atoms with Crippen LogP contribution in [-0.4, -0.2) is 11.2 Å². The van der Waals surface area contributed by atoms with E-state index in [4.69, 9.17) is 4.42 Å². The molecule has 0 radical (unpaired) electrons. The number of rotatable bonds is 0. The number of fused-ring (bicyclic) bond motifs is 6. The fourth-order valence-corrected chi connectivity index (χ4v) is 7.00. The molecular weight excluding hydrogens is 272 g/mol. The van der Waals surface area contributed by atoms with Crippen LogP contribution in [0.5, 0.6) is 0 Å². The van der Waals surface area contributed by atoms with Gasteiger partial charge in [0.15, 0.2) is 0 Å². The van der Waals surface area contributed by atoms with Crippen molar-refractivity contribution in [2.75, 3.05) is 0 Å². The molecule has 0 aromatic carbocycles. The van der Waals surface area contributed by atoms with Gasteiger partial charge in [-0.1, -0.05) is 6.92 Å². The van der Waals surface area contributed by atoms with Gasteiger partial charge < -0.3 is 9.52 Å². The fourth-order valence-electron chi connectivity index (χ4n) is 7.00. The predicted molar refractivity (Wildman–Crippen MR) is 85.4 cm³/mol. The zero-order valence-electron chi connectivity index (χ0n) is 13.6. The molecule has 7 atom stereocenters. The molecule has 1 N–H and O–H groups in total. The van der Waals surface area contributed by atoms with E-state index < -0.39 is 0 Å². The fraction of sp³-hybridized carbons (Fsp3) is 0.800. The molecular formula is C20H28O2. The van der Waals surface area contributed by atoms with Crippen molar-refractivity contribution in [3.63, 3.8) is 0 Å². The summed E-state index contributed by atoms with van der Waals surface area (Å²) in [4.78, 5) is 0. The van der Waals surface area contributed by atoms with E-state index in [1.165, 1.54) is 56.3 Å². The lowest BCUT2D eigenvalue weighted by molar-refractivity contribution is -0.0758. The van der Waals surface area contributed by atoms with Crippen LogP contribution in [0, 0.1) is 35.0 Å². The van der Waals surface area contributed by atoms with Crippen molar-refractivity contribution in [2.45, 2.75) is 64.4 Å². The van der Waals surface area contributed by atoms with E-state index in [0.717, 1.165) is 36.0 Å². The van der Waals surface area contributed by atoms with Crippen molar-refractivity contribution < 1.29 is 9.52 Å². The van der Waals surface area contributed by atoms with Crippen LogP contribution in [0.25, 0.3) is 0 Å². The molecule has 0 spiro atoms. The largest absolute Gasteiger partial charge is 0.469 e. The second kappa shape index (κ2) is 4.63. The summed E-state index contributed by atoms with van der Waals surface area (Å²) >= 11 is 0. The molecule has 4 aliphatic carbocycles. The molecule has 0 saturated heterocycles. The summed E-state index contributed by atoms with van der Waals surface area (Å²) in [6, 6.07) is 2.21. The van der Waals surface area contributed by atoms with Gasteiger partial charge >= 0.3 is 0 Å². The highest BCUT2D eigenvalue weighted by Gasteiger charge is 2.56. The smallest absolute Gasteiger partial charge is 0.107 e. The maximum absolute atomic E-state index is 10.5. The van der Waals surface area contributed by atoms with E-state index in [-0.39, 0.29) is 11.5 Å². The van der Waals surface area contributed by atoms with Crippen molar-refractivity contribution in [3.05, 3.63) is 23.7 Å². The highest BCUT2D eigenvalue weighted by atomic mass is 16.3. The van der Waals surface area contributed by atoms with E-state index in [9.17, 15) is 5.11 Å². The molecule has 3 saturated carbocycles. The Hall–Kier alpha value is -0.760. The molecule has 3 fully saturated rings. The molecule has 2 nitrogen and oxygen atoms in total. The van der Waals surface area contributed by atoms with Gasteiger partial charge in [0.2, 0.25) is 0 Å². The lowest BCUT2D eigenvalue weighted by Crippen LogP contribution is -2.49. The number of aliphatic hydroxyl groups excluding tert-OH is 1. The third-order valence-corrected chi connectivity index (χ3v) is 8.21. The first-order valence-corrected chi connectivity index (χ1v) is 9.40. The highest BCUT2D eigenvalue weighted by Crippen LogP contribution is 2.62. The lowest BCUT2D eigenvalue weighted by atomic mass is 9.50. The number of hydrogen-bond acceptors (Lipinski definition) is 2. The van der Waals surface area contributed by atoms with Crippen molar-refractivity contribution in [1.29, 1.82) is 0 Å². The Morgan fingerprint density at radius 1 is 1.05 bits per heavy atom. The highest BCUT2D eigenvalue weighted by molar-refractivity contribution is 5.23. The molecule has 22 heavy (non-hydrogen) atoms. The Morgan fingerprint density at radius 3 is 2.86 bits per heavy atom. The lowest BCUT2D eigenvalue weighted by Gasteiger charge is -2.55. The summed E-state index contributed by atoms with van der Waals surface area (Å²) in [6.07, 6.45) is 12.0. The van der Waals surface area contributed by atoms with Crippen LogP contribution in [0.4, 0.5) is 0 Å². The first kappa shape index (κ1) is 13.7. The zero-order valence-corrected chi connectivity index (χ0v) is 13.6. The van der Waals surface area contributed by atoms with Gasteiger partial charge in [-0.25, -0.2) is 0 Å². The Kier molecular flexibility index (Phi) is 2.87. The van der Waals surface area contributed by atoms with Gasteiger partial charge in [0.05, 0.1) is 12.4 Å². The molecule has 120 valence electrons. The summed E-state index contributed by atoms with van der Waals surface area (Å²) in [7, 11) is 0. The van der Waals surface area contributed by atoms with E-state index in [1.807, 2.05) is 6.26 Å². The topological polar surface area (TPSA) is 33.4 Å². The number of aliphatic hydroxyl groups is 1.